The van der Waals surface area contributed by atoms with E-state index in [1.54, 1.807) is 11.3 Å². The second kappa shape index (κ2) is 7.70. The smallest absolute Gasteiger partial charge is 0.184 e. The third-order valence-corrected chi connectivity index (χ3v) is 7.12. The van der Waals surface area contributed by atoms with Gasteiger partial charge in [0.2, 0.25) is 0 Å². The van der Waals surface area contributed by atoms with Gasteiger partial charge in [0.15, 0.2) is 5.13 Å². The molecule has 1 aliphatic rings. The van der Waals surface area contributed by atoms with E-state index in [4.69, 9.17) is 4.98 Å². The molecular formula is C22H23BrN4OS. The zero-order chi connectivity index (χ0) is 20.0. The third-order valence-electron chi connectivity index (χ3n) is 5.71. The molecule has 7 heteroatoms. The molecule has 0 radical (unpaired) electrons. The fourth-order valence-electron chi connectivity index (χ4n) is 4.26. The molecule has 0 spiro atoms. The molecule has 0 unspecified atom stereocenters. The number of halogens is 1. The topological polar surface area (TPSA) is 63.0 Å². The lowest BCUT2D eigenvalue weighted by molar-refractivity contribution is 0.116. The van der Waals surface area contributed by atoms with E-state index in [0.29, 0.717) is 0 Å². The van der Waals surface area contributed by atoms with Crippen molar-refractivity contribution in [3.05, 3.63) is 52.3 Å². The lowest BCUT2D eigenvalue weighted by atomic mass is 9.93. The second-order valence-corrected chi connectivity index (χ2v) is 9.83. The van der Waals surface area contributed by atoms with Crippen molar-refractivity contribution in [2.24, 2.45) is 0 Å². The number of benzene rings is 2. The Balaban J connectivity index is 1.40. The summed E-state index contributed by atoms with van der Waals surface area (Å²) >= 11 is 5.22. The van der Waals surface area contributed by atoms with E-state index in [2.05, 4.69) is 68.1 Å². The average Bonchev–Trinajstić information content (AvgIpc) is 3.27. The first-order valence-corrected chi connectivity index (χ1v) is 11.6. The molecule has 0 saturated heterocycles. The van der Waals surface area contributed by atoms with E-state index in [9.17, 15) is 5.11 Å². The van der Waals surface area contributed by atoms with Crippen LogP contribution in [0.5, 0.6) is 0 Å². The first-order chi connectivity index (χ1) is 14.1. The number of fused-ring (bicyclic) bond motifs is 2. The lowest BCUT2D eigenvalue weighted by Crippen LogP contribution is -2.36. The van der Waals surface area contributed by atoms with Crippen LogP contribution in [0.2, 0.25) is 0 Å². The standard InChI is InChI=1S/C22H23BrN4OS/c1-13-8-15(23)10-18-21(13)27(12-24-18)11-14-6-7-17-20(9-14)29-22(26-17)25-16-4-2-3-5-19(16)28/h6-10,12,16,19,28H,2-5,11H2,1H3,(H,25,26)/t16-,19-/m1/s1. The minimum atomic E-state index is -0.274. The number of aryl methyl sites for hydroxylation is 1. The molecule has 150 valence electrons. The minimum Gasteiger partial charge on any atom is -0.391 e. The Morgan fingerprint density at radius 3 is 2.93 bits per heavy atom. The van der Waals surface area contributed by atoms with Crippen LogP contribution in [0, 0.1) is 6.92 Å². The summed E-state index contributed by atoms with van der Waals surface area (Å²) in [5.74, 6) is 0. The fourth-order valence-corrected chi connectivity index (χ4v) is 5.81. The number of nitrogens with one attached hydrogen (secondary N) is 1. The van der Waals surface area contributed by atoms with E-state index in [1.807, 2.05) is 6.33 Å². The molecule has 5 rings (SSSR count). The van der Waals surface area contributed by atoms with Crippen LogP contribution in [0.3, 0.4) is 0 Å². The minimum absolute atomic E-state index is 0.114. The van der Waals surface area contributed by atoms with Crippen molar-refractivity contribution in [1.29, 1.82) is 0 Å². The molecule has 2 atom stereocenters. The molecule has 2 N–H and O–H groups in total. The molecule has 1 aliphatic carbocycles. The van der Waals surface area contributed by atoms with Crippen LogP contribution >= 0.6 is 27.3 Å². The molecule has 2 aromatic heterocycles. The van der Waals surface area contributed by atoms with Crippen LogP contribution in [-0.2, 0) is 6.54 Å². The van der Waals surface area contributed by atoms with Crippen molar-refractivity contribution >= 4 is 53.6 Å². The number of aromatic nitrogens is 3. The summed E-state index contributed by atoms with van der Waals surface area (Å²) in [6.07, 6.45) is 5.80. The zero-order valence-electron chi connectivity index (χ0n) is 16.2. The molecule has 1 fully saturated rings. The first kappa shape index (κ1) is 19.0. The lowest BCUT2D eigenvalue weighted by Gasteiger charge is -2.27. The Morgan fingerprint density at radius 2 is 2.07 bits per heavy atom. The zero-order valence-corrected chi connectivity index (χ0v) is 18.6. The summed E-state index contributed by atoms with van der Waals surface area (Å²) in [6, 6.07) is 10.7. The summed E-state index contributed by atoms with van der Waals surface area (Å²) in [4.78, 5) is 9.29. The number of aliphatic hydroxyl groups is 1. The number of aliphatic hydroxyl groups excluding tert-OH is 1. The van der Waals surface area contributed by atoms with E-state index in [-0.39, 0.29) is 12.1 Å². The molecule has 5 nitrogen and oxygen atoms in total. The number of anilines is 1. The van der Waals surface area contributed by atoms with Crippen molar-refractivity contribution < 1.29 is 5.11 Å². The van der Waals surface area contributed by atoms with Crippen LogP contribution in [0.25, 0.3) is 21.3 Å². The average molecular weight is 471 g/mol. The van der Waals surface area contributed by atoms with Gasteiger partial charge in [-0.15, -0.1) is 0 Å². The second-order valence-electron chi connectivity index (χ2n) is 7.89. The maximum atomic E-state index is 10.2. The number of imidazole rings is 1. The number of nitrogens with zero attached hydrogens (tertiary/aromatic N) is 3. The summed E-state index contributed by atoms with van der Waals surface area (Å²) in [5.41, 5.74) is 5.62. The molecule has 0 bridgehead atoms. The van der Waals surface area contributed by atoms with Crippen molar-refractivity contribution in [3.8, 4) is 0 Å². The Bertz CT molecular complexity index is 1180. The van der Waals surface area contributed by atoms with Gasteiger partial charge in [-0.2, -0.15) is 0 Å². The summed E-state index contributed by atoms with van der Waals surface area (Å²) < 4.78 is 4.43. The van der Waals surface area contributed by atoms with Crippen LogP contribution < -0.4 is 5.32 Å². The van der Waals surface area contributed by atoms with Gasteiger partial charge in [-0.1, -0.05) is 46.2 Å². The van der Waals surface area contributed by atoms with E-state index < -0.39 is 0 Å². The van der Waals surface area contributed by atoms with E-state index in [1.165, 1.54) is 27.8 Å². The van der Waals surface area contributed by atoms with Gasteiger partial charge in [-0.25, -0.2) is 9.97 Å². The van der Waals surface area contributed by atoms with Gasteiger partial charge in [-0.05, 0) is 55.2 Å². The molecule has 2 heterocycles. The highest BCUT2D eigenvalue weighted by Gasteiger charge is 2.23. The molecule has 0 amide bonds. The predicted molar refractivity (Wildman–Crippen MR) is 123 cm³/mol. The van der Waals surface area contributed by atoms with Gasteiger partial charge < -0.3 is 15.0 Å². The number of thiazole rings is 1. The quantitative estimate of drug-likeness (QED) is 0.414. The molecule has 0 aliphatic heterocycles. The normalized spacial score (nSPS) is 19.8. The summed E-state index contributed by atoms with van der Waals surface area (Å²) in [5, 5.41) is 14.6. The van der Waals surface area contributed by atoms with E-state index in [0.717, 1.165) is 46.4 Å². The number of hydrogen-bond donors (Lipinski definition) is 2. The SMILES string of the molecule is Cc1cc(Br)cc2ncn(Cc3ccc4nc(N[C@@H]5CCCC[C@H]5O)sc4c3)c12. The van der Waals surface area contributed by atoms with Gasteiger partial charge in [0.1, 0.15) is 0 Å². The van der Waals surface area contributed by atoms with Crippen LogP contribution in [-0.4, -0.2) is 31.8 Å². The first-order valence-electron chi connectivity index (χ1n) is 10.0. The fraction of sp³-hybridized carbons (Fsp3) is 0.364. The largest absolute Gasteiger partial charge is 0.391 e. The van der Waals surface area contributed by atoms with E-state index >= 15 is 0 Å². The van der Waals surface area contributed by atoms with Crippen molar-refractivity contribution in [3.63, 3.8) is 0 Å². The summed E-state index contributed by atoms with van der Waals surface area (Å²) in [6.45, 7) is 2.90. The molecule has 29 heavy (non-hydrogen) atoms. The molecular weight excluding hydrogens is 448 g/mol. The maximum Gasteiger partial charge on any atom is 0.184 e. The molecule has 4 aromatic rings. The van der Waals surface area contributed by atoms with Crippen LogP contribution in [0.4, 0.5) is 5.13 Å². The van der Waals surface area contributed by atoms with Gasteiger partial charge >= 0.3 is 0 Å². The number of rotatable bonds is 4. The van der Waals surface area contributed by atoms with Gasteiger partial charge in [-0.3, -0.25) is 0 Å². The highest BCUT2D eigenvalue weighted by molar-refractivity contribution is 9.10. The third kappa shape index (κ3) is 3.79. The van der Waals surface area contributed by atoms with Gasteiger partial charge in [0, 0.05) is 11.0 Å². The Morgan fingerprint density at radius 1 is 1.21 bits per heavy atom. The van der Waals surface area contributed by atoms with Crippen LogP contribution in [0.15, 0.2) is 41.1 Å². The highest BCUT2D eigenvalue weighted by atomic mass is 79.9. The highest BCUT2D eigenvalue weighted by Crippen LogP contribution is 2.30. The van der Waals surface area contributed by atoms with Crippen LogP contribution in [0.1, 0.15) is 36.8 Å². The molecule has 1 saturated carbocycles. The monoisotopic (exact) mass is 470 g/mol. The van der Waals surface area contributed by atoms with Gasteiger partial charge in [0.05, 0.1) is 39.7 Å². The van der Waals surface area contributed by atoms with Crippen molar-refractivity contribution in [1.82, 2.24) is 14.5 Å². The maximum absolute atomic E-state index is 10.2. The predicted octanol–water partition coefficient (Wildman–Crippen LogP) is 5.48. The molecule has 2 aromatic carbocycles. The Hall–Kier alpha value is -1.96. The van der Waals surface area contributed by atoms with Crippen molar-refractivity contribution in [2.45, 2.75) is 51.3 Å². The summed E-state index contributed by atoms with van der Waals surface area (Å²) in [7, 11) is 0. The number of hydrogen-bond acceptors (Lipinski definition) is 5. The van der Waals surface area contributed by atoms with Gasteiger partial charge in [0.25, 0.3) is 0 Å². The van der Waals surface area contributed by atoms with Crippen molar-refractivity contribution in [2.75, 3.05) is 5.32 Å². The Kier molecular flexibility index (Phi) is 5.05. The Labute approximate surface area is 181 Å².